The van der Waals surface area contributed by atoms with Crippen LogP contribution in [0.5, 0.6) is 0 Å². The highest BCUT2D eigenvalue weighted by atomic mass is 15.3. The zero-order valence-corrected chi connectivity index (χ0v) is 10.3. The second-order valence-electron chi connectivity index (χ2n) is 4.02. The third-order valence-electron chi connectivity index (χ3n) is 2.50. The number of imidazole rings is 1. The summed E-state index contributed by atoms with van der Waals surface area (Å²) in [6, 6.07) is 0. The molecule has 0 bridgehead atoms. The summed E-state index contributed by atoms with van der Waals surface area (Å²) in [6.07, 6.45) is 6.59. The Kier molecular flexibility index (Phi) is 3.87. The number of hydrogen-bond acceptors (Lipinski definition) is 4. The number of aryl methyl sites for hydroxylation is 2. The molecule has 0 unspecified atom stereocenters. The van der Waals surface area contributed by atoms with Gasteiger partial charge < -0.3 is 9.88 Å². The van der Waals surface area contributed by atoms with E-state index in [-0.39, 0.29) is 0 Å². The fourth-order valence-electron chi connectivity index (χ4n) is 1.70. The lowest BCUT2D eigenvalue weighted by Gasteiger charge is -2.06. The quantitative estimate of drug-likeness (QED) is 0.799. The van der Waals surface area contributed by atoms with Crippen molar-refractivity contribution < 1.29 is 0 Å². The molecule has 92 valence electrons. The second-order valence-corrected chi connectivity index (χ2v) is 4.02. The van der Waals surface area contributed by atoms with Gasteiger partial charge in [0.2, 0.25) is 0 Å². The molecule has 2 rings (SSSR count). The maximum Gasteiger partial charge on any atom is 0.164 e. The third-order valence-corrected chi connectivity index (χ3v) is 2.50. The molecule has 0 aliphatic carbocycles. The fraction of sp³-hybridized carbons (Fsp3) is 0.545. The Labute approximate surface area is 101 Å². The SMILES string of the molecule is CCCn1cncc1CNCc1ncn(C)n1. The molecular weight excluding hydrogens is 216 g/mol. The Morgan fingerprint density at radius 3 is 2.88 bits per heavy atom. The van der Waals surface area contributed by atoms with Gasteiger partial charge in [-0.05, 0) is 6.42 Å². The smallest absolute Gasteiger partial charge is 0.164 e. The van der Waals surface area contributed by atoms with Crippen molar-refractivity contribution in [2.45, 2.75) is 33.0 Å². The molecule has 0 atom stereocenters. The minimum Gasteiger partial charge on any atom is -0.333 e. The van der Waals surface area contributed by atoms with Crippen LogP contribution in [0.3, 0.4) is 0 Å². The molecule has 1 N–H and O–H groups in total. The van der Waals surface area contributed by atoms with Gasteiger partial charge in [-0.2, -0.15) is 5.10 Å². The lowest BCUT2D eigenvalue weighted by Crippen LogP contribution is -2.16. The zero-order chi connectivity index (χ0) is 12.1. The summed E-state index contributed by atoms with van der Waals surface area (Å²) in [5, 5.41) is 7.53. The highest BCUT2D eigenvalue weighted by molar-refractivity contribution is 4.98. The molecule has 0 saturated heterocycles. The lowest BCUT2D eigenvalue weighted by molar-refractivity contribution is 0.589. The first kappa shape index (κ1) is 11.8. The van der Waals surface area contributed by atoms with Gasteiger partial charge in [-0.25, -0.2) is 9.97 Å². The van der Waals surface area contributed by atoms with Crippen LogP contribution in [0.4, 0.5) is 0 Å². The Morgan fingerprint density at radius 2 is 2.18 bits per heavy atom. The predicted molar refractivity (Wildman–Crippen MR) is 64.1 cm³/mol. The maximum atomic E-state index is 4.21. The van der Waals surface area contributed by atoms with Gasteiger partial charge in [-0.3, -0.25) is 4.68 Å². The minimum atomic E-state index is 0.679. The van der Waals surface area contributed by atoms with E-state index in [0.717, 1.165) is 25.3 Å². The van der Waals surface area contributed by atoms with Crippen molar-refractivity contribution in [3.8, 4) is 0 Å². The van der Waals surface area contributed by atoms with E-state index in [2.05, 4.69) is 31.9 Å². The van der Waals surface area contributed by atoms with Crippen molar-refractivity contribution in [1.82, 2.24) is 29.6 Å². The molecule has 0 amide bonds. The summed E-state index contributed by atoms with van der Waals surface area (Å²) in [5.41, 5.74) is 1.20. The zero-order valence-electron chi connectivity index (χ0n) is 10.3. The van der Waals surface area contributed by atoms with Crippen LogP contribution in [-0.2, 0) is 26.7 Å². The van der Waals surface area contributed by atoms with Crippen LogP contribution in [0.15, 0.2) is 18.9 Å². The summed E-state index contributed by atoms with van der Waals surface area (Å²) in [4.78, 5) is 8.32. The Balaban J connectivity index is 1.83. The average Bonchev–Trinajstić information content (AvgIpc) is 2.90. The van der Waals surface area contributed by atoms with Crippen molar-refractivity contribution >= 4 is 0 Å². The van der Waals surface area contributed by atoms with Gasteiger partial charge in [0.1, 0.15) is 6.33 Å². The number of nitrogens with zero attached hydrogens (tertiary/aromatic N) is 5. The number of aromatic nitrogens is 5. The van der Waals surface area contributed by atoms with E-state index in [1.165, 1.54) is 5.69 Å². The summed E-state index contributed by atoms with van der Waals surface area (Å²) in [7, 11) is 1.87. The standard InChI is InChI=1S/C11H18N6/c1-3-4-17-8-13-6-10(17)5-12-7-11-14-9-16(2)15-11/h6,8-9,12H,3-5,7H2,1-2H3. The number of hydrogen-bond donors (Lipinski definition) is 1. The molecule has 0 radical (unpaired) electrons. The summed E-state index contributed by atoms with van der Waals surface area (Å²) < 4.78 is 3.87. The van der Waals surface area contributed by atoms with E-state index in [9.17, 15) is 0 Å². The third kappa shape index (κ3) is 3.13. The minimum absolute atomic E-state index is 0.679. The largest absolute Gasteiger partial charge is 0.333 e. The van der Waals surface area contributed by atoms with Gasteiger partial charge in [-0.1, -0.05) is 6.92 Å². The molecular formula is C11H18N6. The van der Waals surface area contributed by atoms with Crippen LogP contribution in [0.1, 0.15) is 24.9 Å². The molecule has 17 heavy (non-hydrogen) atoms. The number of nitrogens with one attached hydrogen (secondary N) is 1. The first-order valence-electron chi connectivity index (χ1n) is 5.84. The molecule has 0 aliphatic heterocycles. The van der Waals surface area contributed by atoms with Gasteiger partial charge in [-0.15, -0.1) is 0 Å². The molecule has 6 nitrogen and oxygen atoms in total. The van der Waals surface area contributed by atoms with Crippen molar-refractivity contribution in [3.63, 3.8) is 0 Å². The molecule has 0 spiro atoms. The molecule has 0 aromatic carbocycles. The van der Waals surface area contributed by atoms with Crippen molar-refractivity contribution in [2.75, 3.05) is 0 Å². The van der Waals surface area contributed by atoms with Crippen LogP contribution in [0.25, 0.3) is 0 Å². The normalized spacial score (nSPS) is 10.9. The van der Waals surface area contributed by atoms with Crippen LogP contribution in [-0.4, -0.2) is 24.3 Å². The van der Waals surface area contributed by atoms with E-state index in [1.807, 2.05) is 19.6 Å². The summed E-state index contributed by atoms with van der Waals surface area (Å²) in [5.74, 6) is 0.814. The first-order chi connectivity index (χ1) is 8.29. The monoisotopic (exact) mass is 234 g/mol. The van der Waals surface area contributed by atoms with Crippen LogP contribution in [0.2, 0.25) is 0 Å². The van der Waals surface area contributed by atoms with E-state index in [0.29, 0.717) is 6.54 Å². The highest BCUT2D eigenvalue weighted by Crippen LogP contribution is 2.00. The molecule has 2 aromatic rings. The predicted octanol–water partition coefficient (Wildman–Crippen LogP) is 0.711. The highest BCUT2D eigenvalue weighted by Gasteiger charge is 2.02. The molecule has 6 heteroatoms. The fourth-order valence-corrected chi connectivity index (χ4v) is 1.70. The van der Waals surface area contributed by atoms with E-state index >= 15 is 0 Å². The van der Waals surface area contributed by atoms with Crippen molar-refractivity contribution in [1.29, 1.82) is 0 Å². The van der Waals surface area contributed by atoms with E-state index in [4.69, 9.17) is 0 Å². The van der Waals surface area contributed by atoms with E-state index in [1.54, 1.807) is 11.0 Å². The second kappa shape index (κ2) is 5.58. The summed E-state index contributed by atoms with van der Waals surface area (Å²) >= 11 is 0. The van der Waals surface area contributed by atoms with Crippen molar-refractivity contribution in [3.05, 3.63) is 30.4 Å². The van der Waals surface area contributed by atoms with Crippen LogP contribution >= 0.6 is 0 Å². The Morgan fingerprint density at radius 1 is 1.29 bits per heavy atom. The van der Waals surface area contributed by atoms with Crippen LogP contribution < -0.4 is 5.32 Å². The molecule has 0 saturated carbocycles. The average molecular weight is 234 g/mol. The molecule has 0 aliphatic rings. The van der Waals surface area contributed by atoms with Gasteiger partial charge in [0, 0.05) is 26.3 Å². The Hall–Kier alpha value is -1.69. The molecule has 2 aromatic heterocycles. The van der Waals surface area contributed by atoms with Gasteiger partial charge >= 0.3 is 0 Å². The van der Waals surface area contributed by atoms with Gasteiger partial charge in [0.15, 0.2) is 5.82 Å². The molecule has 0 fully saturated rings. The summed E-state index contributed by atoms with van der Waals surface area (Å²) in [6.45, 7) is 4.64. The molecule has 2 heterocycles. The Bertz CT molecular complexity index is 458. The van der Waals surface area contributed by atoms with E-state index < -0.39 is 0 Å². The van der Waals surface area contributed by atoms with Gasteiger partial charge in [0.25, 0.3) is 0 Å². The van der Waals surface area contributed by atoms with Crippen molar-refractivity contribution in [2.24, 2.45) is 7.05 Å². The van der Waals surface area contributed by atoms with Gasteiger partial charge in [0.05, 0.1) is 18.6 Å². The number of rotatable bonds is 6. The first-order valence-corrected chi connectivity index (χ1v) is 5.84. The van der Waals surface area contributed by atoms with Crippen LogP contribution in [0, 0.1) is 0 Å². The maximum absolute atomic E-state index is 4.21. The lowest BCUT2D eigenvalue weighted by atomic mass is 10.4. The topological polar surface area (TPSA) is 60.6 Å².